The smallest absolute Gasteiger partial charge is 0.281 e. The predicted octanol–water partition coefficient (Wildman–Crippen LogP) is 4.74. The Morgan fingerprint density at radius 1 is 1.11 bits per heavy atom. The lowest BCUT2D eigenvalue weighted by atomic mass is 9.94. The maximum atomic E-state index is 17.2. The lowest BCUT2D eigenvalue weighted by Gasteiger charge is -2.50. The zero-order valence-corrected chi connectivity index (χ0v) is 25.9. The van der Waals surface area contributed by atoms with E-state index in [9.17, 15) is 24.8 Å². The molecule has 240 valence electrons. The molecule has 0 bridgehead atoms. The maximum absolute atomic E-state index is 17.2. The zero-order valence-electron chi connectivity index (χ0n) is 25.9. The fraction of sp³-hybridized carbons (Fsp3) is 0.265. The maximum Gasteiger partial charge on any atom is 0.281 e. The molecule has 47 heavy (non-hydrogen) atoms. The molecule has 4 heterocycles. The van der Waals surface area contributed by atoms with E-state index < -0.39 is 75.2 Å². The Morgan fingerprint density at radius 3 is 2.47 bits per heavy atom. The number of benzene rings is 2. The Labute approximate surface area is 267 Å². The van der Waals surface area contributed by atoms with Crippen LogP contribution in [0, 0.1) is 28.8 Å². The van der Waals surface area contributed by atoms with Crippen LogP contribution in [0.5, 0.6) is 5.75 Å². The standard InChI is InChI=1S/C34H29F3N6O4/c1-6-24(45)41-15-22-33(46)40(5)32-31(42(22)14-17(41)4)19-12-21(36)26(25-20(35)8-7-9-23(25)44)27(37)30(19)43(34(32)47)29-18(13-38)10-11-39-28(29)16(2)3/h6-12,16-17,22,44H,1,14-15H2,2-5H3. The van der Waals surface area contributed by atoms with Crippen LogP contribution >= 0.6 is 0 Å². The van der Waals surface area contributed by atoms with Crippen molar-refractivity contribution in [3.63, 3.8) is 0 Å². The summed E-state index contributed by atoms with van der Waals surface area (Å²) >= 11 is 0. The van der Waals surface area contributed by atoms with E-state index in [1.54, 1.807) is 25.7 Å². The van der Waals surface area contributed by atoms with E-state index in [0.717, 1.165) is 33.7 Å². The number of carbonyl (C=O) groups excluding carboxylic acids is 2. The van der Waals surface area contributed by atoms with Gasteiger partial charge in [-0.25, -0.2) is 13.2 Å². The fourth-order valence-corrected chi connectivity index (χ4v) is 6.65. The van der Waals surface area contributed by atoms with Crippen molar-refractivity contribution in [2.75, 3.05) is 29.9 Å². The molecule has 10 nitrogen and oxygen atoms in total. The average Bonchev–Trinajstić information content (AvgIpc) is 3.03. The molecule has 4 aromatic rings. The molecule has 2 aromatic heterocycles. The predicted molar refractivity (Wildman–Crippen MR) is 169 cm³/mol. The number of halogens is 3. The Morgan fingerprint density at radius 2 is 1.83 bits per heavy atom. The van der Waals surface area contributed by atoms with Crippen molar-refractivity contribution in [2.24, 2.45) is 0 Å². The molecule has 6 rings (SSSR count). The van der Waals surface area contributed by atoms with E-state index in [-0.39, 0.29) is 46.8 Å². The molecule has 1 saturated heterocycles. The number of likely N-dealkylation sites (N-methyl/N-ethyl adjacent to an activating group) is 1. The van der Waals surface area contributed by atoms with Crippen LogP contribution in [0.1, 0.15) is 37.9 Å². The number of pyridine rings is 2. The summed E-state index contributed by atoms with van der Waals surface area (Å²) in [6, 6.07) is 5.94. The number of aromatic hydroxyl groups is 1. The van der Waals surface area contributed by atoms with Gasteiger partial charge in [-0.1, -0.05) is 26.5 Å². The van der Waals surface area contributed by atoms with Crippen LogP contribution in [0.2, 0.25) is 0 Å². The minimum atomic E-state index is -1.38. The van der Waals surface area contributed by atoms with Crippen molar-refractivity contribution in [3.05, 3.63) is 88.2 Å². The van der Waals surface area contributed by atoms with Gasteiger partial charge in [0.05, 0.1) is 45.8 Å². The molecule has 0 saturated carbocycles. The number of nitriles is 1. The number of piperazine rings is 1. The number of anilines is 2. The monoisotopic (exact) mass is 642 g/mol. The summed E-state index contributed by atoms with van der Waals surface area (Å²) in [5, 5.41) is 20.5. The second kappa shape index (κ2) is 11.3. The number of nitrogens with zero attached hydrogens (tertiary/aromatic N) is 6. The number of rotatable bonds is 4. The van der Waals surface area contributed by atoms with Gasteiger partial charge < -0.3 is 19.8 Å². The van der Waals surface area contributed by atoms with Crippen molar-refractivity contribution >= 4 is 34.1 Å². The highest BCUT2D eigenvalue weighted by molar-refractivity contribution is 6.13. The number of aromatic nitrogens is 2. The van der Waals surface area contributed by atoms with Gasteiger partial charge in [0.15, 0.2) is 5.82 Å². The molecular formula is C34H29F3N6O4. The number of hydrogen-bond acceptors (Lipinski definition) is 7. The van der Waals surface area contributed by atoms with Gasteiger partial charge in [-0.3, -0.25) is 23.9 Å². The summed E-state index contributed by atoms with van der Waals surface area (Å²) in [5.74, 6) is -5.83. The largest absolute Gasteiger partial charge is 0.507 e. The topological polar surface area (TPSA) is 123 Å². The molecule has 0 aliphatic carbocycles. The highest BCUT2D eigenvalue weighted by Crippen LogP contribution is 2.46. The molecule has 2 aliphatic heterocycles. The SMILES string of the molecule is C=CC(=O)N1CC2C(=O)N(C)c3c(c4cc(F)c(-c5c(O)cccc5F)c(F)c4n(-c4c(C#N)ccnc4C(C)C)c3=O)N2CC1C. The third-order valence-corrected chi connectivity index (χ3v) is 8.82. The summed E-state index contributed by atoms with van der Waals surface area (Å²) in [7, 11) is 1.35. The van der Waals surface area contributed by atoms with Crippen LogP contribution in [-0.2, 0) is 9.59 Å². The minimum absolute atomic E-state index is 0.0159. The third kappa shape index (κ3) is 4.54. The molecule has 2 amide bonds. The van der Waals surface area contributed by atoms with Crippen LogP contribution in [-0.4, -0.2) is 63.6 Å². The Bertz CT molecular complexity index is 2120. The molecule has 1 fully saturated rings. The molecule has 1 N–H and O–H groups in total. The van der Waals surface area contributed by atoms with Crippen molar-refractivity contribution in [1.82, 2.24) is 14.5 Å². The Hall–Kier alpha value is -5.64. The molecule has 2 aliphatic rings. The normalized spacial score (nSPS) is 17.5. The van der Waals surface area contributed by atoms with E-state index in [0.29, 0.717) is 0 Å². The van der Waals surface area contributed by atoms with Crippen molar-refractivity contribution < 1.29 is 27.9 Å². The first-order valence-corrected chi connectivity index (χ1v) is 14.8. The molecule has 2 unspecified atom stereocenters. The van der Waals surface area contributed by atoms with Gasteiger partial charge >= 0.3 is 0 Å². The second-order valence-corrected chi connectivity index (χ2v) is 11.9. The zero-order chi connectivity index (χ0) is 34.1. The van der Waals surface area contributed by atoms with Gasteiger partial charge in [0, 0.05) is 31.2 Å². The lowest BCUT2D eigenvalue weighted by Crippen LogP contribution is -2.66. The van der Waals surface area contributed by atoms with Gasteiger partial charge in [0.1, 0.15) is 35.2 Å². The summed E-state index contributed by atoms with van der Waals surface area (Å²) in [5.41, 5.74) is -3.21. The van der Waals surface area contributed by atoms with E-state index in [1.165, 1.54) is 30.3 Å². The van der Waals surface area contributed by atoms with Crippen LogP contribution in [0.25, 0.3) is 27.7 Å². The molecular weight excluding hydrogens is 613 g/mol. The van der Waals surface area contributed by atoms with Crippen molar-refractivity contribution in [2.45, 2.75) is 38.8 Å². The fourth-order valence-electron chi connectivity index (χ4n) is 6.65. The Kier molecular flexibility index (Phi) is 7.54. The first-order valence-electron chi connectivity index (χ1n) is 14.8. The number of fused-ring (bicyclic) bond motifs is 5. The van der Waals surface area contributed by atoms with E-state index in [1.807, 2.05) is 6.07 Å². The number of hydrogen-bond donors (Lipinski definition) is 1. The highest BCUT2D eigenvalue weighted by atomic mass is 19.1. The van der Waals surface area contributed by atoms with E-state index in [4.69, 9.17) is 0 Å². The van der Waals surface area contributed by atoms with Crippen LogP contribution in [0.4, 0.5) is 24.5 Å². The van der Waals surface area contributed by atoms with E-state index >= 15 is 13.2 Å². The number of carbonyl (C=O) groups is 2. The first-order chi connectivity index (χ1) is 22.3. The number of phenolic OH excluding ortho intramolecular Hbond substituents is 1. The van der Waals surface area contributed by atoms with Gasteiger partial charge in [-0.05, 0) is 43.2 Å². The highest BCUT2D eigenvalue weighted by Gasteiger charge is 2.46. The van der Waals surface area contributed by atoms with Crippen molar-refractivity contribution in [1.29, 1.82) is 5.26 Å². The quantitative estimate of drug-likeness (QED) is 0.319. The lowest BCUT2D eigenvalue weighted by molar-refractivity contribution is -0.130. The Balaban J connectivity index is 1.82. The molecule has 0 radical (unpaired) electrons. The second-order valence-electron chi connectivity index (χ2n) is 11.9. The van der Waals surface area contributed by atoms with Crippen LogP contribution in [0.15, 0.2) is 54.0 Å². The van der Waals surface area contributed by atoms with Gasteiger partial charge in [-0.15, -0.1) is 0 Å². The molecule has 13 heteroatoms. The van der Waals surface area contributed by atoms with Gasteiger partial charge in [0.25, 0.3) is 11.5 Å². The van der Waals surface area contributed by atoms with Gasteiger partial charge in [-0.2, -0.15) is 5.26 Å². The number of amides is 2. The summed E-state index contributed by atoms with van der Waals surface area (Å²) < 4.78 is 49.5. The van der Waals surface area contributed by atoms with E-state index in [2.05, 4.69) is 11.6 Å². The average molecular weight is 643 g/mol. The minimum Gasteiger partial charge on any atom is -0.507 e. The number of phenols is 1. The summed E-state index contributed by atoms with van der Waals surface area (Å²) in [6.45, 7) is 8.69. The van der Waals surface area contributed by atoms with Crippen molar-refractivity contribution in [3.8, 4) is 28.6 Å². The molecule has 2 atom stereocenters. The van der Waals surface area contributed by atoms with Gasteiger partial charge in [0.2, 0.25) is 5.91 Å². The third-order valence-electron chi connectivity index (χ3n) is 8.82. The van der Waals surface area contributed by atoms with Crippen LogP contribution < -0.4 is 15.4 Å². The first kappa shape index (κ1) is 31.3. The van der Waals surface area contributed by atoms with Crippen LogP contribution in [0.3, 0.4) is 0 Å². The molecule has 2 aromatic carbocycles. The summed E-state index contributed by atoms with van der Waals surface area (Å²) in [6.07, 6.45) is 2.50. The summed E-state index contributed by atoms with van der Waals surface area (Å²) in [4.78, 5) is 49.7. The molecule has 0 spiro atoms.